The van der Waals surface area contributed by atoms with Gasteiger partial charge < -0.3 is 19.9 Å². The van der Waals surface area contributed by atoms with E-state index in [2.05, 4.69) is 17.9 Å². The number of hydrogen-bond acceptors (Lipinski definition) is 6. The number of amides is 1. The van der Waals surface area contributed by atoms with Gasteiger partial charge in [-0.2, -0.15) is 12.6 Å². The first-order chi connectivity index (χ1) is 16.5. The van der Waals surface area contributed by atoms with Gasteiger partial charge in [-0.15, -0.1) is 0 Å². The van der Waals surface area contributed by atoms with Gasteiger partial charge in [0.2, 0.25) is 12.7 Å². The molecule has 1 aromatic carbocycles. The first-order valence-electron chi connectivity index (χ1n) is 12.8. The average Bonchev–Trinajstić information content (AvgIpc) is 3.47. The van der Waals surface area contributed by atoms with E-state index in [9.17, 15) is 14.7 Å². The predicted molar refractivity (Wildman–Crippen MR) is 135 cm³/mol. The first-order valence-corrected chi connectivity index (χ1v) is 13.5. The third-order valence-corrected chi connectivity index (χ3v) is 8.01. The zero-order valence-corrected chi connectivity index (χ0v) is 21.0. The predicted octanol–water partition coefficient (Wildman–Crippen LogP) is 4.56. The number of carboxylic acids is 1. The lowest BCUT2D eigenvalue weighted by Crippen LogP contribution is -2.45. The zero-order valence-electron chi connectivity index (χ0n) is 20.1. The minimum absolute atomic E-state index is 0.140. The molecule has 8 heteroatoms. The highest BCUT2D eigenvalue weighted by Gasteiger charge is 2.41. The Balaban J connectivity index is 0.000000180. The van der Waals surface area contributed by atoms with Gasteiger partial charge in [-0.1, -0.05) is 45.4 Å². The fourth-order valence-corrected chi connectivity index (χ4v) is 5.64. The van der Waals surface area contributed by atoms with Crippen LogP contribution in [0.25, 0.3) is 0 Å². The highest BCUT2D eigenvalue weighted by atomic mass is 32.1. The maximum Gasteiger partial charge on any atom is 0.327 e. The van der Waals surface area contributed by atoms with Gasteiger partial charge in [0.05, 0.1) is 5.69 Å². The summed E-state index contributed by atoms with van der Waals surface area (Å²) in [5.41, 5.74) is 1.37. The number of carbonyl (C=O) groups is 2. The Kier molecular flexibility index (Phi) is 8.64. The van der Waals surface area contributed by atoms with Crippen molar-refractivity contribution < 1.29 is 24.2 Å². The molecule has 4 aliphatic rings. The summed E-state index contributed by atoms with van der Waals surface area (Å²) in [6.45, 7) is 1.88. The van der Waals surface area contributed by atoms with Gasteiger partial charge in [-0.3, -0.25) is 9.69 Å². The molecule has 0 radical (unpaired) electrons. The number of thiol groups is 1. The molecule has 5 rings (SSSR count). The van der Waals surface area contributed by atoms with E-state index in [1.165, 1.54) is 69.1 Å². The summed E-state index contributed by atoms with van der Waals surface area (Å²) in [5.74, 6) is -0.123. The highest BCUT2D eigenvalue weighted by molar-refractivity contribution is 7.80. The molecule has 0 spiro atoms. The smallest absolute Gasteiger partial charge is 0.327 e. The molecular formula is C26H38N2O5S. The monoisotopic (exact) mass is 490 g/mol. The molecule has 1 aromatic rings. The number of fused-ring (bicyclic) bond motifs is 2. The van der Waals surface area contributed by atoms with Crippen molar-refractivity contribution >= 4 is 30.2 Å². The molecular weight excluding hydrogens is 452 g/mol. The van der Waals surface area contributed by atoms with Crippen molar-refractivity contribution in [2.75, 3.05) is 17.4 Å². The van der Waals surface area contributed by atoms with Crippen LogP contribution >= 0.6 is 12.6 Å². The Morgan fingerprint density at radius 1 is 1.03 bits per heavy atom. The van der Waals surface area contributed by atoms with Crippen LogP contribution in [0.1, 0.15) is 76.7 Å². The van der Waals surface area contributed by atoms with Gasteiger partial charge >= 0.3 is 5.97 Å². The number of nitrogens with one attached hydrogen (secondary N) is 1. The Hall–Kier alpha value is -1.93. The minimum Gasteiger partial charge on any atom is -0.480 e. The molecule has 0 bridgehead atoms. The number of rotatable bonds is 5. The Morgan fingerprint density at radius 2 is 1.59 bits per heavy atom. The van der Waals surface area contributed by atoms with E-state index in [-0.39, 0.29) is 25.0 Å². The van der Waals surface area contributed by atoms with Crippen molar-refractivity contribution in [1.29, 1.82) is 0 Å². The maximum atomic E-state index is 12.5. The molecule has 2 heterocycles. The second-order valence-electron chi connectivity index (χ2n) is 10.0. The average molecular weight is 491 g/mol. The van der Waals surface area contributed by atoms with Crippen LogP contribution in [0.2, 0.25) is 0 Å². The summed E-state index contributed by atoms with van der Waals surface area (Å²) < 4.78 is 10.6. The topological polar surface area (TPSA) is 88.1 Å². The SMILES string of the molecule is C1CCC(NC2CCCCC2)CC1.CC(CS)C(=O)N1c2cc3c(cc2CC1C(=O)O)OCO3. The third kappa shape index (κ3) is 5.82. The van der Waals surface area contributed by atoms with Crippen LogP contribution in [0.5, 0.6) is 11.5 Å². The standard InChI is InChI=1S/C14H15NO5S.C12H23N/c1-7(5-21)13(16)15-9-4-12-11(19-6-20-12)3-8(9)2-10(15)14(17)18;1-3-7-11(8-4-1)13-12-9-5-2-6-10-12/h3-4,7,10,21H,2,5-6H2,1H3,(H,17,18);11-13H,1-10H2. The van der Waals surface area contributed by atoms with Gasteiger partial charge in [0.1, 0.15) is 6.04 Å². The van der Waals surface area contributed by atoms with E-state index < -0.39 is 12.0 Å². The molecule has 188 valence electrons. The summed E-state index contributed by atoms with van der Waals surface area (Å²) in [7, 11) is 0. The fraction of sp³-hybridized carbons (Fsp3) is 0.692. The summed E-state index contributed by atoms with van der Waals surface area (Å²) >= 11 is 4.12. The summed E-state index contributed by atoms with van der Waals surface area (Å²) in [6.07, 6.45) is 14.8. The fourth-order valence-electron chi connectivity index (χ4n) is 5.49. The van der Waals surface area contributed by atoms with E-state index >= 15 is 0 Å². The van der Waals surface area contributed by atoms with Crippen molar-refractivity contribution in [3.63, 3.8) is 0 Å². The van der Waals surface area contributed by atoms with Crippen LogP contribution in [0, 0.1) is 5.92 Å². The number of nitrogens with zero attached hydrogens (tertiary/aromatic N) is 1. The molecule has 0 aromatic heterocycles. The Labute approximate surface area is 208 Å². The van der Waals surface area contributed by atoms with Gasteiger partial charge in [-0.05, 0) is 37.3 Å². The molecule has 2 N–H and O–H groups in total. The van der Waals surface area contributed by atoms with E-state index in [0.717, 1.165) is 17.6 Å². The number of carbonyl (C=O) groups excluding carboxylic acids is 1. The van der Waals surface area contributed by atoms with E-state index in [1.54, 1.807) is 19.1 Å². The van der Waals surface area contributed by atoms with E-state index in [0.29, 0.717) is 22.9 Å². The van der Waals surface area contributed by atoms with Crippen molar-refractivity contribution in [3.05, 3.63) is 17.7 Å². The number of carboxylic acid groups (broad SMARTS) is 1. The quantitative estimate of drug-likeness (QED) is 0.524. The Bertz CT molecular complexity index is 851. The maximum absolute atomic E-state index is 12.5. The summed E-state index contributed by atoms with van der Waals surface area (Å²) in [5, 5.41) is 13.3. The number of benzene rings is 1. The lowest BCUT2D eigenvalue weighted by Gasteiger charge is -2.30. The summed E-state index contributed by atoms with van der Waals surface area (Å²) in [4.78, 5) is 25.3. The molecule has 2 fully saturated rings. The van der Waals surface area contributed by atoms with Crippen LogP contribution in [-0.2, 0) is 16.0 Å². The molecule has 2 aliphatic heterocycles. The molecule has 0 saturated heterocycles. The Morgan fingerprint density at radius 3 is 2.12 bits per heavy atom. The molecule has 2 saturated carbocycles. The number of hydrogen-bond donors (Lipinski definition) is 3. The van der Waals surface area contributed by atoms with Crippen molar-refractivity contribution in [1.82, 2.24) is 5.32 Å². The van der Waals surface area contributed by atoms with Gasteiger partial charge in [0, 0.05) is 36.2 Å². The van der Waals surface area contributed by atoms with Crippen LogP contribution in [-0.4, -0.2) is 47.7 Å². The zero-order chi connectivity index (χ0) is 24.1. The lowest BCUT2D eigenvalue weighted by molar-refractivity contribution is -0.140. The normalized spacial score (nSPS) is 23.1. The molecule has 2 unspecified atom stereocenters. The highest BCUT2D eigenvalue weighted by Crippen LogP contribution is 2.43. The lowest BCUT2D eigenvalue weighted by atomic mass is 9.91. The number of anilines is 1. The molecule has 7 nitrogen and oxygen atoms in total. The van der Waals surface area contributed by atoms with Gasteiger partial charge in [0.15, 0.2) is 11.5 Å². The van der Waals surface area contributed by atoms with Gasteiger partial charge in [0.25, 0.3) is 0 Å². The van der Waals surface area contributed by atoms with E-state index in [1.807, 2.05) is 0 Å². The van der Waals surface area contributed by atoms with Crippen molar-refractivity contribution in [3.8, 4) is 11.5 Å². The van der Waals surface area contributed by atoms with Gasteiger partial charge in [-0.25, -0.2) is 4.79 Å². The molecule has 2 aliphatic carbocycles. The van der Waals surface area contributed by atoms with Crippen LogP contribution in [0.4, 0.5) is 5.69 Å². The van der Waals surface area contributed by atoms with Crippen molar-refractivity contribution in [2.45, 2.75) is 95.7 Å². The van der Waals surface area contributed by atoms with E-state index in [4.69, 9.17) is 9.47 Å². The molecule has 1 amide bonds. The van der Waals surface area contributed by atoms with Crippen LogP contribution < -0.4 is 19.7 Å². The van der Waals surface area contributed by atoms with Crippen LogP contribution in [0.15, 0.2) is 12.1 Å². The second kappa shape index (κ2) is 11.7. The number of ether oxygens (including phenoxy) is 2. The van der Waals surface area contributed by atoms with Crippen LogP contribution in [0.3, 0.4) is 0 Å². The third-order valence-electron chi connectivity index (χ3n) is 7.46. The summed E-state index contributed by atoms with van der Waals surface area (Å²) in [6, 6.07) is 4.29. The largest absolute Gasteiger partial charge is 0.480 e. The minimum atomic E-state index is -1.02. The molecule has 34 heavy (non-hydrogen) atoms. The molecule has 2 atom stereocenters. The first kappa shape index (κ1) is 25.2. The van der Waals surface area contributed by atoms with Crippen molar-refractivity contribution in [2.24, 2.45) is 5.92 Å². The number of aliphatic carboxylic acids is 1. The second-order valence-corrected chi connectivity index (χ2v) is 10.4.